The van der Waals surface area contributed by atoms with Crippen molar-refractivity contribution < 1.29 is 35.9 Å². The molecule has 0 aliphatic carbocycles. The number of nitrogens with zero attached hydrogens (tertiary/aromatic N) is 1. The quantitative estimate of drug-likeness (QED) is 0.505. The second-order valence-corrected chi connectivity index (χ2v) is 6.62. The summed E-state index contributed by atoms with van der Waals surface area (Å²) in [6.07, 6.45) is -3.52. The van der Waals surface area contributed by atoms with E-state index in [-0.39, 0.29) is 41.7 Å². The number of benzene rings is 2. The maximum Gasteiger partial charge on any atom is 0.573 e. The molecule has 0 saturated carbocycles. The van der Waals surface area contributed by atoms with E-state index in [2.05, 4.69) is 15.0 Å². The third-order valence-electron chi connectivity index (χ3n) is 4.32. The Kier molecular flexibility index (Phi) is 6.57. The molecule has 1 atom stereocenters. The Balaban J connectivity index is 1.54. The van der Waals surface area contributed by atoms with Gasteiger partial charge >= 0.3 is 6.36 Å². The zero-order valence-corrected chi connectivity index (χ0v) is 16.2. The topological polar surface area (TPSA) is 64.4 Å². The molecule has 2 aromatic carbocycles. The molecule has 0 fully saturated rings. The standard InChI is InChI=1S/C21H17F5N2O3/c1-12(13-5-7-14(8-6-13)31-21(24,25)26)28-18(29)9-10-19-27-11-17(30-19)20-15(22)3-2-4-16(20)23/h2-8,11-12H,9-10H2,1H3,(H,28,29). The van der Waals surface area contributed by atoms with Gasteiger partial charge in [0.2, 0.25) is 5.91 Å². The van der Waals surface area contributed by atoms with E-state index in [1.165, 1.54) is 24.4 Å². The van der Waals surface area contributed by atoms with Crippen molar-refractivity contribution in [3.8, 4) is 17.1 Å². The fourth-order valence-corrected chi connectivity index (χ4v) is 2.85. The van der Waals surface area contributed by atoms with Crippen molar-refractivity contribution >= 4 is 5.91 Å². The van der Waals surface area contributed by atoms with E-state index in [0.29, 0.717) is 5.56 Å². The van der Waals surface area contributed by atoms with Crippen LogP contribution in [-0.2, 0) is 11.2 Å². The molecule has 1 N–H and O–H groups in total. The number of carbonyl (C=O) groups is 1. The van der Waals surface area contributed by atoms with Crippen LogP contribution in [0.1, 0.15) is 30.8 Å². The molecule has 31 heavy (non-hydrogen) atoms. The van der Waals surface area contributed by atoms with Gasteiger partial charge in [-0.15, -0.1) is 13.2 Å². The van der Waals surface area contributed by atoms with Gasteiger partial charge < -0.3 is 14.5 Å². The average molecular weight is 440 g/mol. The van der Waals surface area contributed by atoms with E-state index in [1.54, 1.807) is 6.92 Å². The Labute approximate surface area is 173 Å². The zero-order chi connectivity index (χ0) is 22.6. The zero-order valence-electron chi connectivity index (χ0n) is 16.2. The molecule has 10 heteroatoms. The third-order valence-corrected chi connectivity index (χ3v) is 4.32. The summed E-state index contributed by atoms with van der Waals surface area (Å²) in [5.41, 5.74) is 0.244. The molecule has 1 amide bonds. The number of hydrogen-bond acceptors (Lipinski definition) is 4. The van der Waals surface area contributed by atoms with Crippen LogP contribution in [0.15, 0.2) is 53.1 Å². The van der Waals surface area contributed by atoms with Crippen LogP contribution in [0.4, 0.5) is 22.0 Å². The van der Waals surface area contributed by atoms with Crippen molar-refractivity contribution in [2.75, 3.05) is 0 Å². The van der Waals surface area contributed by atoms with Crippen molar-refractivity contribution in [3.05, 3.63) is 71.8 Å². The third kappa shape index (κ3) is 6.03. The monoisotopic (exact) mass is 440 g/mol. The lowest BCUT2D eigenvalue weighted by molar-refractivity contribution is -0.274. The number of nitrogens with one attached hydrogen (secondary N) is 1. The molecule has 3 rings (SSSR count). The predicted molar refractivity (Wildman–Crippen MR) is 99.9 cm³/mol. The molecule has 1 unspecified atom stereocenters. The van der Waals surface area contributed by atoms with Crippen LogP contribution < -0.4 is 10.1 Å². The van der Waals surface area contributed by atoms with Gasteiger partial charge in [0.15, 0.2) is 11.7 Å². The van der Waals surface area contributed by atoms with Crippen LogP contribution in [0.25, 0.3) is 11.3 Å². The number of aryl methyl sites for hydroxylation is 1. The first-order chi connectivity index (χ1) is 14.6. The summed E-state index contributed by atoms with van der Waals surface area (Å²) in [6.45, 7) is 1.67. The summed E-state index contributed by atoms with van der Waals surface area (Å²) < 4.78 is 73.4. The van der Waals surface area contributed by atoms with Crippen molar-refractivity contribution in [2.45, 2.75) is 32.2 Å². The molecule has 0 bridgehead atoms. The van der Waals surface area contributed by atoms with Crippen molar-refractivity contribution in [1.82, 2.24) is 10.3 Å². The second-order valence-electron chi connectivity index (χ2n) is 6.62. The summed E-state index contributed by atoms with van der Waals surface area (Å²) >= 11 is 0. The summed E-state index contributed by atoms with van der Waals surface area (Å²) in [5.74, 6) is -2.25. The number of alkyl halides is 3. The molecule has 0 radical (unpaired) electrons. The van der Waals surface area contributed by atoms with Gasteiger partial charge in [-0.1, -0.05) is 18.2 Å². The summed E-state index contributed by atoms with van der Waals surface area (Å²) in [6, 6.07) is 8.08. The molecule has 0 spiro atoms. The highest BCUT2D eigenvalue weighted by atomic mass is 19.4. The number of hydrogen-bond donors (Lipinski definition) is 1. The Morgan fingerprint density at radius 1 is 1.13 bits per heavy atom. The SMILES string of the molecule is CC(NC(=O)CCc1ncc(-c2c(F)cccc2F)o1)c1ccc(OC(F)(F)F)cc1. The van der Waals surface area contributed by atoms with Crippen molar-refractivity contribution in [1.29, 1.82) is 0 Å². The lowest BCUT2D eigenvalue weighted by Crippen LogP contribution is -2.26. The molecular formula is C21H17F5N2O3. The van der Waals surface area contributed by atoms with Crippen LogP contribution in [-0.4, -0.2) is 17.3 Å². The highest BCUT2D eigenvalue weighted by Crippen LogP contribution is 2.27. The van der Waals surface area contributed by atoms with Crippen LogP contribution in [0.5, 0.6) is 5.75 Å². The Hall–Kier alpha value is -3.43. The van der Waals surface area contributed by atoms with Crippen LogP contribution in [0, 0.1) is 11.6 Å². The number of amides is 1. The van der Waals surface area contributed by atoms with Crippen LogP contribution in [0.2, 0.25) is 0 Å². The van der Waals surface area contributed by atoms with E-state index in [0.717, 1.165) is 24.3 Å². The van der Waals surface area contributed by atoms with Crippen molar-refractivity contribution in [3.63, 3.8) is 0 Å². The maximum absolute atomic E-state index is 13.8. The van der Waals surface area contributed by atoms with Gasteiger partial charge in [0, 0.05) is 12.8 Å². The Morgan fingerprint density at radius 2 is 1.77 bits per heavy atom. The van der Waals surface area contributed by atoms with Crippen LogP contribution >= 0.6 is 0 Å². The number of aromatic nitrogens is 1. The molecule has 1 heterocycles. The lowest BCUT2D eigenvalue weighted by atomic mass is 10.1. The molecular weight excluding hydrogens is 423 g/mol. The first kappa shape index (κ1) is 22.3. The molecule has 0 aliphatic rings. The van der Waals surface area contributed by atoms with Gasteiger partial charge in [-0.3, -0.25) is 4.79 Å². The largest absolute Gasteiger partial charge is 0.573 e. The minimum Gasteiger partial charge on any atom is -0.441 e. The molecule has 0 aliphatic heterocycles. The lowest BCUT2D eigenvalue weighted by Gasteiger charge is -2.15. The van der Waals surface area contributed by atoms with Crippen molar-refractivity contribution in [2.24, 2.45) is 0 Å². The fraction of sp³-hybridized carbons (Fsp3) is 0.238. The highest BCUT2D eigenvalue weighted by Gasteiger charge is 2.31. The summed E-state index contributed by atoms with van der Waals surface area (Å²) in [7, 11) is 0. The molecule has 1 aromatic heterocycles. The Morgan fingerprint density at radius 3 is 2.39 bits per heavy atom. The number of halogens is 5. The van der Waals surface area contributed by atoms with E-state index in [4.69, 9.17) is 4.42 Å². The van der Waals surface area contributed by atoms with Gasteiger partial charge in [-0.05, 0) is 36.8 Å². The molecule has 164 valence electrons. The second kappa shape index (κ2) is 9.15. The minimum absolute atomic E-state index is 0.0146. The first-order valence-electron chi connectivity index (χ1n) is 9.16. The van der Waals surface area contributed by atoms with Crippen LogP contribution in [0.3, 0.4) is 0 Å². The number of ether oxygens (including phenoxy) is 1. The highest BCUT2D eigenvalue weighted by molar-refractivity contribution is 5.76. The van der Waals surface area contributed by atoms with Gasteiger partial charge in [0.25, 0.3) is 0 Å². The summed E-state index contributed by atoms with van der Waals surface area (Å²) in [5, 5.41) is 2.70. The number of carbonyl (C=O) groups excluding carboxylic acids is 1. The smallest absolute Gasteiger partial charge is 0.441 e. The van der Waals surface area contributed by atoms with Gasteiger partial charge in [-0.2, -0.15) is 0 Å². The van der Waals surface area contributed by atoms with E-state index in [1.807, 2.05) is 0 Å². The molecule has 3 aromatic rings. The number of oxazole rings is 1. The first-order valence-corrected chi connectivity index (χ1v) is 9.16. The van der Waals surface area contributed by atoms with Gasteiger partial charge in [-0.25, -0.2) is 13.8 Å². The van der Waals surface area contributed by atoms with E-state index >= 15 is 0 Å². The molecule has 5 nitrogen and oxygen atoms in total. The van der Waals surface area contributed by atoms with E-state index in [9.17, 15) is 26.7 Å². The molecule has 0 saturated heterocycles. The fourth-order valence-electron chi connectivity index (χ4n) is 2.85. The predicted octanol–water partition coefficient (Wildman–Crippen LogP) is 5.33. The number of rotatable bonds is 7. The Bertz CT molecular complexity index is 1030. The van der Waals surface area contributed by atoms with Gasteiger partial charge in [0.05, 0.1) is 17.8 Å². The minimum atomic E-state index is -4.78. The normalized spacial score (nSPS) is 12.5. The average Bonchev–Trinajstić information content (AvgIpc) is 3.14. The van der Waals surface area contributed by atoms with Gasteiger partial charge in [0.1, 0.15) is 17.4 Å². The maximum atomic E-state index is 13.8. The van der Waals surface area contributed by atoms with E-state index < -0.39 is 24.0 Å². The summed E-state index contributed by atoms with van der Waals surface area (Å²) in [4.78, 5) is 16.1.